The van der Waals surface area contributed by atoms with Gasteiger partial charge in [0.25, 0.3) is 0 Å². The van der Waals surface area contributed by atoms with E-state index >= 15 is 0 Å². The van der Waals surface area contributed by atoms with Crippen LogP contribution in [0.15, 0.2) is 23.8 Å². The number of halogens is 1. The third-order valence-corrected chi connectivity index (χ3v) is 6.24. The summed E-state index contributed by atoms with van der Waals surface area (Å²) in [6, 6.07) is 4.06. The molecule has 0 aromatic heterocycles. The number of ether oxygens (including phenoxy) is 2. The number of nitrogens with zero attached hydrogens (tertiary/aromatic N) is 2. The van der Waals surface area contributed by atoms with Crippen LogP contribution in [0.4, 0.5) is 0 Å². The average Bonchev–Trinajstić information content (AvgIpc) is 3.38. The highest BCUT2D eigenvalue weighted by Crippen LogP contribution is 2.39. The fourth-order valence-corrected chi connectivity index (χ4v) is 4.53. The summed E-state index contributed by atoms with van der Waals surface area (Å²) in [6.45, 7) is 3.85. The second-order valence-electron chi connectivity index (χ2n) is 7.72. The van der Waals surface area contributed by atoms with Crippen LogP contribution >= 0.6 is 11.6 Å². The average molecular weight is 375 g/mol. The minimum Gasteiger partial charge on any atom is -0.454 e. The number of carbonyl (C=O) groups is 1. The molecule has 5 nitrogen and oxygen atoms in total. The van der Waals surface area contributed by atoms with Crippen LogP contribution in [0.1, 0.15) is 31.2 Å². The van der Waals surface area contributed by atoms with Crippen LogP contribution in [0.25, 0.3) is 0 Å². The fraction of sp³-hybridized carbons (Fsp3) is 0.550. The second kappa shape index (κ2) is 6.46. The van der Waals surface area contributed by atoms with Gasteiger partial charge in [-0.2, -0.15) is 0 Å². The minimum atomic E-state index is 0.202. The van der Waals surface area contributed by atoms with Gasteiger partial charge in [0, 0.05) is 48.3 Å². The molecule has 3 aliphatic heterocycles. The van der Waals surface area contributed by atoms with Crippen molar-refractivity contribution in [3.05, 3.63) is 34.4 Å². The molecule has 1 amide bonds. The van der Waals surface area contributed by atoms with Crippen molar-refractivity contribution in [2.45, 2.75) is 38.3 Å². The smallest absolute Gasteiger partial charge is 0.250 e. The maximum Gasteiger partial charge on any atom is 0.250 e. The second-order valence-corrected chi connectivity index (χ2v) is 8.13. The van der Waals surface area contributed by atoms with Gasteiger partial charge < -0.3 is 14.4 Å². The Morgan fingerprint density at radius 3 is 2.85 bits per heavy atom. The van der Waals surface area contributed by atoms with E-state index in [1.165, 1.54) is 6.42 Å². The zero-order valence-corrected chi connectivity index (χ0v) is 15.5. The van der Waals surface area contributed by atoms with E-state index in [1.807, 2.05) is 11.0 Å². The Bertz CT molecular complexity index is 775. The number of fused-ring (bicyclic) bond motifs is 3. The molecule has 5 rings (SSSR count). The zero-order chi connectivity index (χ0) is 17.7. The molecule has 2 fully saturated rings. The van der Waals surface area contributed by atoms with Crippen molar-refractivity contribution in [2.24, 2.45) is 5.92 Å². The van der Waals surface area contributed by atoms with E-state index in [-0.39, 0.29) is 12.7 Å². The maximum absolute atomic E-state index is 13.4. The lowest BCUT2D eigenvalue weighted by Gasteiger charge is -2.38. The van der Waals surface area contributed by atoms with Crippen molar-refractivity contribution in [1.29, 1.82) is 0 Å². The molecule has 26 heavy (non-hydrogen) atoms. The summed E-state index contributed by atoms with van der Waals surface area (Å²) < 4.78 is 10.9. The summed E-state index contributed by atoms with van der Waals surface area (Å²) >= 11 is 6.46. The van der Waals surface area contributed by atoms with E-state index in [9.17, 15) is 4.79 Å². The quantitative estimate of drug-likeness (QED) is 0.811. The SMILES string of the molecule is O=C(C1=CCN2CCCC1C2)N(Cc1cc2c(cc1Cl)OCO2)C1CC1. The summed E-state index contributed by atoms with van der Waals surface area (Å²) in [5, 5.41) is 0.633. The van der Waals surface area contributed by atoms with E-state index in [4.69, 9.17) is 21.1 Å². The molecule has 1 saturated heterocycles. The molecule has 1 saturated carbocycles. The Hall–Kier alpha value is -1.72. The van der Waals surface area contributed by atoms with Crippen LogP contribution in [-0.4, -0.2) is 48.2 Å². The van der Waals surface area contributed by atoms with Gasteiger partial charge in [0.15, 0.2) is 11.5 Å². The molecule has 0 N–H and O–H groups in total. The maximum atomic E-state index is 13.4. The number of amides is 1. The summed E-state index contributed by atoms with van der Waals surface area (Å²) in [6.07, 6.45) is 6.63. The highest BCUT2D eigenvalue weighted by Gasteiger charge is 2.38. The van der Waals surface area contributed by atoms with Gasteiger partial charge in [-0.25, -0.2) is 0 Å². The Labute approximate surface area is 158 Å². The van der Waals surface area contributed by atoms with Crippen LogP contribution in [0.2, 0.25) is 5.02 Å². The van der Waals surface area contributed by atoms with Crippen molar-refractivity contribution in [3.63, 3.8) is 0 Å². The van der Waals surface area contributed by atoms with Gasteiger partial charge in [0.2, 0.25) is 12.7 Å². The standard InChI is InChI=1S/C20H23ClN2O3/c21-17-9-19-18(25-12-26-19)8-14(17)11-23(15-3-4-15)20(24)16-5-7-22-6-1-2-13(16)10-22/h5,8-9,13,15H,1-4,6-7,10-12H2. The number of piperidine rings is 1. The Kier molecular flexibility index (Phi) is 4.09. The van der Waals surface area contributed by atoms with Crippen LogP contribution in [-0.2, 0) is 11.3 Å². The van der Waals surface area contributed by atoms with Gasteiger partial charge in [-0.15, -0.1) is 0 Å². The Morgan fingerprint density at radius 1 is 1.23 bits per heavy atom. The normalized spacial score (nSPS) is 26.4. The van der Waals surface area contributed by atoms with Gasteiger partial charge in [-0.05, 0) is 43.9 Å². The number of hydrogen-bond acceptors (Lipinski definition) is 4. The molecule has 3 heterocycles. The number of hydrogen-bond donors (Lipinski definition) is 0. The van der Waals surface area contributed by atoms with E-state index in [0.717, 1.165) is 50.0 Å². The van der Waals surface area contributed by atoms with E-state index < -0.39 is 0 Å². The predicted octanol–water partition coefficient (Wildman–Crippen LogP) is 3.21. The van der Waals surface area contributed by atoms with E-state index in [0.29, 0.717) is 35.0 Å². The first-order valence-electron chi connectivity index (χ1n) is 9.50. The lowest BCUT2D eigenvalue weighted by molar-refractivity contribution is -0.129. The van der Waals surface area contributed by atoms with E-state index in [2.05, 4.69) is 11.0 Å². The summed E-state index contributed by atoms with van der Waals surface area (Å²) in [5.74, 6) is 1.99. The van der Waals surface area contributed by atoms with Gasteiger partial charge in [0.05, 0.1) is 0 Å². The molecular weight excluding hydrogens is 352 g/mol. The molecule has 138 valence electrons. The number of rotatable bonds is 4. The van der Waals surface area contributed by atoms with Crippen molar-refractivity contribution in [1.82, 2.24) is 9.80 Å². The highest BCUT2D eigenvalue weighted by atomic mass is 35.5. The summed E-state index contributed by atoms with van der Waals surface area (Å²) in [5.41, 5.74) is 1.95. The van der Waals surface area contributed by atoms with Gasteiger partial charge >= 0.3 is 0 Å². The molecule has 2 unspecified atom stereocenters. The van der Waals surface area contributed by atoms with Crippen molar-refractivity contribution < 1.29 is 14.3 Å². The topological polar surface area (TPSA) is 42.0 Å². The Morgan fingerprint density at radius 2 is 2.04 bits per heavy atom. The molecule has 1 aromatic carbocycles. The molecule has 4 aliphatic rings. The van der Waals surface area contributed by atoms with Gasteiger partial charge in [0.1, 0.15) is 0 Å². The molecular formula is C20H23ClN2O3. The van der Waals surface area contributed by atoms with Gasteiger partial charge in [-0.1, -0.05) is 17.7 Å². The molecule has 1 aliphatic carbocycles. The molecule has 0 spiro atoms. The molecule has 6 heteroatoms. The van der Waals surface area contributed by atoms with Gasteiger partial charge in [-0.3, -0.25) is 9.69 Å². The number of benzene rings is 1. The van der Waals surface area contributed by atoms with Crippen molar-refractivity contribution in [3.8, 4) is 11.5 Å². The number of carbonyl (C=O) groups excluding carboxylic acids is 1. The van der Waals surface area contributed by atoms with Crippen molar-refractivity contribution in [2.75, 3.05) is 26.4 Å². The Balaban J connectivity index is 1.40. The molecule has 2 atom stereocenters. The third kappa shape index (κ3) is 2.97. The van der Waals surface area contributed by atoms with Crippen LogP contribution in [0.3, 0.4) is 0 Å². The first-order chi connectivity index (χ1) is 12.7. The predicted molar refractivity (Wildman–Crippen MR) is 98.4 cm³/mol. The van der Waals surface area contributed by atoms with Crippen LogP contribution < -0.4 is 9.47 Å². The summed E-state index contributed by atoms with van der Waals surface area (Å²) in [4.78, 5) is 17.8. The lowest BCUT2D eigenvalue weighted by Crippen LogP contribution is -2.44. The molecule has 2 bridgehead atoms. The summed E-state index contributed by atoms with van der Waals surface area (Å²) in [7, 11) is 0. The zero-order valence-electron chi connectivity index (χ0n) is 14.7. The minimum absolute atomic E-state index is 0.202. The fourth-order valence-electron chi connectivity index (χ4n) is 4.31. The van der Waals surface area contributed by atoms with Crippen LogP contribution in [0.5, 0.6) is 11.5 Å². The third-order valence-electron chi connectivity index (χ3n) is 5.89. The first-order valence-corrected chi connectivity index (χ1v) is 9.88. The highest BCUT2D eigenvalue weighted by molar-refractivity contribution is 6.31. The lowest BCUT2D eigenvalue weighted by atomic mass is 9.86. The monoisotopic (exact) mass is 374 g/mol. The largest absolute Gasteiger partial charge is 0.454 e. The first kappa shape index (κ1) is 16.5. The molecule has 1 aromatic rings. The van der Waals surface area contributed by atoms with E-state index in [1.54, 1.807) is 6.07 Å². The van der Waals surface area contributed by atoms with Crippen LogP contribution in [0, 0.1) is 5.92 Å². The molecule has 0 radical (unpaired) electrons. The van der Waals surface area contributed by atoms with Crippen molar-refractivity contribution >= 4 is 17.5 Å².